The zero-order valence-corrected chi connectivity index (χ0v) is 12.3. The summed E-state index contributed by atoms with van der Waals surface area (Å²) in [5, 5.41) is 11.7. The van der Waals surface area contributed by atoms with Crippen LogP contribution in [0.15, 0.2) is 34.8 Å². The molecule has 0 aliphatic rings. The van der Waals surface area contributed by atoms with Gasteiger partial charge in [0, 0.05) is 9.35 Å². The molecule has 2 rings (SSSR count). The quantitative estimate of drug-likeness (QED) is 0.894. The van der Waals surface area contributed by atoms with Gasteiger partial charge in [0.15, 0.2) is 0 Å². The minimum atomic E-state index is -1.08. The van der Waals surface area contributed by atoms with Crippen molar-refractivity contribution in [3.05, 3.63) is 50.1 Å². The van der Waals surface area contributed by atoms with Crippen LogP contribution in [0.3, 0.4) is 0 Å². The number of carboxylic acids is 1. The lowest BCUT2D eigenvalue weighted by Crippen LogP contribution is -2.13. The predicted octanol–water partition coefficient (Wildman–Crippen LogP) is 3.77. The first-order chi connectivity index (χ1) is 8.97. The Morgan fingerprint density at radius 2 is 2.00 bits per heavy atom. The summed E-state index contributed by atoms with van der Waals surface area (Å²) in [5.41, 5.74) is 0.336. The van der Waals surface area contributed by atoms with Crippen LogP contribution in [0.1, 0.15) is 24.9 Å². The van der Waals surface area contributed by atoms with Crippen molar-refractivity contribution >= 4 is 44.8 Å². The molecule has 98 valence electrons. The molecule has 1 amide bonds. The van der Waals surface area contributed by atoms with Gasteiger partial charge in [-0.3, -0.25) is 4.79 Å². The van der Waals surface area contributed by atoms with Crippen LogP contribution in [-0.4, -0.2) is 17.0 Å². The maximum absolute atomic E-state index is 12.0. The van der Waals surface area contributed by atoms with Gasteiger partial charge < -0.3 is 10.4 Å². The molecule has 0 spiro atoms. The van der Waals surface area contributed by atoms with E-state index in [1.165, 1.54) is 17.4 Å². The SMILES string of the molecule is Cc1ccc(C(=O)Nc2cc(Br)ccc2C(=O)O)s1. The van der Waals surface area contributed by atoms with Crippen molar-refractivity contribution in [1.29, 1.82) is 0 Å². The molecule has 1 aromatic carbocycles. The molecular weight excluding hydrogens is 330 g/mol. The Hall–Kier alpha value is -1.66. The summed E-state index contributed by atoms with van der Waals surface area (Å²) in [4.78, 5) is 24.7. The van der Waals surface area contributed by atoms with E-state index in [0.29, 0.717) is 9.35 Å². The van der Waals surface area contributed by atoms with Gasteiger partial charge in [-0.15, -0.1) is 11.3 Å². The average Bonchev–Trinajstić information content (AvgIpc) is 2.75. The summed E-state index contributed by atoms with van der Waals surface area (Å²) >= 11 is 4.62. The molecule has 0 unspecified atom stereocenters. The van der Waals surface area contributed by atoms with E-state index in [-0.39, 0.29) is 17.2 Å². The maximum atomic E-state index is 12.0. The van der Waals surface area contributed by atoms with Crippen molar-refractivity contribution in [2.45, 2.75) is 6.92 Å². The zero-order chi connectivity index (χ0) is 14.0. The van der Waals surface area contributed by atoms with Gasteiger partial charge in [0.2, 0.25) is 0 Å². The molecule has 0 aliphatic carbocycles. The van der Waals surface area contributed by atoms with E-state index in [2.05, 4.69) is 21.2 Å². The Kier molecular flexibility index (Phi) is 4.01. The van der Waals surface area contributed by atoms with Crippen LogP contribution in [0, 0.1) is 6.92 Å². The van der Waals surface area contributed by atoms with Crippen molar-refractivity contribution in [3.8, 4) is 0 Å². The number of carbonyl (C=O) groups excluding carboxylic acids is 1. The number of hydrogen-bond donors (Lipinski definition) is 2. The van der Waals surface area contributed by atoms with Gasteiger partial charge in [-0.05, 0) is 37.3 Å². The molecular formula is C13H10BrNO3S. The first kappa shape index (κ1) is 13.8. The minimum absolute atomic E-state index is 0.0600. The van der Waals surface area contributed by atoms with Gasteiger partial charge in [0.05, 0.1) is 16.1 Å². The molecule has 1 aromatic heterocycles. The number of anilines is 1. The molecule has 4 nitrogen and oxygen atoms in total. The summed E-state index contributed by atoms with van der Waals surface area (Å²) in [6.07, 6.45) is 0. The highest BCUT2D eigenvalue weighted by Gasteiger charge is 2.14. The molecule has 0 saturated heterocycles. The lowest BCUT2D eigenvalue weighted by molar-refractivity contribution is 0.0698. The molecule has 1 heterocycles. The number of nitrogens with one attached hydrogen (secondary N) is 1. The smallest absolute Gasteiger partial charge is 0.337 e. The van der Waals surface area contributed by atoms with Gasteiger partial charge in [0.1, 0.15) is 0 Å². The van der Waals surface area contributed by atoms with E-state index in [9.17, 15) is 9.59 Å². The first-order valence-electron chi connectivity index (χ1n) is 5.38. The van der Waals surface area contributed by atoms with Gasteiger partial charge >= 0.3 is 5.97 Å². The molecule has 0 fully saturated rings. The van der Waals surface area contributed by atoms with Crippen molar-refractivity contribution in [3.63, 3.8) is 0 Å². The number of benzene rings is 1. The predicted molar refractivity (Wildman–Crippen MR) is 78.1 cm³/mol. The fraction of sp³-hybridized carbons (Fsp3) is 0.0769. The first-order valence-corrected chi connectivity index (χ1v) is 6.99. The van der Waals surface area contributed by atoms with Crippen LogP contribution in [-0.2, 0) is 0 Å². The van der Waals surface area contributed by atoms with Crippen molar-refractivity contribution in [2.75, 3.05) is 5.32 Å². The Labute approximate surface area is 122 Å². The Balaban J connectivity index is 2.30. The number of carbonyl (C=O) groups is 2. The summed E-state index contributed by atoms with van der Waals surface area (Å²) < 4.78 is 0.704. The second-order valence-electron chi connectivity index (χ2n) is 3.86. The number of hydrogen-bond acceptors (Lipinski definition) is 3. The summed E-state index contributed by atoms with van der Waals surface area (Å²) in [5.74, 6) is -1.39. The summed E-state index contributed by atoms with van der Waals surface area (Å²) in [6.45, 7) is 1.91. The third-order valence-electron chi connectivity index (χ3n) is 2.42. The summed E-state index contributed by atoms with van der Waals surface area (Å²) in [7, 11) is 0. The number of amides is 1. The molecule has 19 heavy (non-hydrogen) atoms. The molecule has 6 heteroatoms. The van der Waals surface area contributed by atoms with Gasteiger partial charge in [-0.1, -0.05) is 15.9 Å². The van der Waals surface area contributed by atoms with Crippen molar-refractivity contribution in [1.82, 2.24) is 0 Å². The van der Waals surface area contributed by atoms with E-state index < -0.39 is 5.97 Å². The third-order valence-corrected chi connectivity index (χ3v) is 3.92. The second kappa shape index (κ2) is 5.54. The topological polar surface area (TPSA) is 66.4 Å². The number of aryl methyl sites for hydroxylation is 1. The fourth-order valence-corrected chi connectivity index (χ4v) is 2.67. The minimum Gasteiger partial charge on any atom is -0.478 e. The normalized spacial score (nSPS) is 10.2. The number of aromatic carboxylic acids is 1. The monoisotopic (exact) mass is 339 g/mol. The Morgan fingerprint density at radius 3 is 2.58 bits per heavy atom. The second-order valence-corrected chi connectivity index (χ2v) is 6.06. The molecule has 0 atom stereocenters. The molecule has 0 saturated carbocycles. The summed E-state index contributed by atoms with van der Waals surface area (Å²) in [6, 6.07) is 8.20. The molecule has 0 radical (unpaired) electrons. The molecule has 0 bridgehead atoms. The number of rotatable bonds is 3. The van der Waals surface area contributed by atoms with Gasteiger partial charge in [-0.25, -0.2) is 4.79 Å². The van der Waals surface area contributed by atoms with Crippen molar-refractivity contribution < 1.29 is 14.7 Å². The van der Waals surface area contributed by atoms with Crippen LogP contribution in [0.2, 0.25) is 0 Å². The fourth-order valence-electron chi connectivity index (χ4n) is 1.55. The molecule has 0 aliphatic heterocycles. The van der Waals surface area contributed by atoms with Crippen LogP contribution >= 0.6 is 27.3 Å². The highest BCUT2D eigenvalue weighted by molar-refractivity contribution is 9.10. The van der Waals surface area contributed by atoms with Gasteiger partial charge in [-0.2, -0.15) is 0 Å². The number of carboxylic acid groups (broad SMARTS) is 1. The van der Waals surface area contributed by atoms with Crippen LogP contribution in [0.5, 0.6) is 0 Å². The zero-order valence-electron chi connectivity index (χ0n) is 9.94. The van der Waals surface area contributed by atoms with Crippen LogP contribution < -0.4 is 5.32 Å². The van der Waals surface area contributed by atoms with E-state index in [1.54, 1.807) is 18.2 Å². The molecule has 2 N–H and O–H groups in total. The van der Waals surface area contributed by atoms with Crippen LogP contribution in [0.25, 0.3) is 0 Å². The third kappa shape index (κ3) is 3.21. The van der Waals surface area contributed by atoms with Crippen LogP contribution in [0.4, 0.5) is 5.69 Å². The average molecular weight is 340 g/mol. The Bertz CT molecular complexity index is 651. The standard InChI is InChI=1S/C13H10BrNO3S/c1-7-2-5-11(19-7)12(16)15-10-6-8(14)3-4-9(10)13(17)18/h2-6H,1H3,(H,15,16)(H,17,18). The highest BCUT2D eigenvalue weighted by Crippen LogP contribution is 2.23. The van der Waals surface area contributed by atoms with E-state index >= 15 is 0 Å². The van der Waals surface area contributed by atoms with E-state index in [1.807, 2.05) is 13.0 Å². The highest BCUT2D eigenvalue weighted by atomic mass is 79.9. The van der Waals surface area contributed by atoms with Crippen molar-refractivity contribution in [2.24, 2.45) is 0 Å². The van der Waals surface area contributed by atoms with E-state index in [0.717, 1.165) is 4.88 Å². The number of thiophene rings is 1. The number of halogens is 1. The van der Waals surface area contributed by atoms with Gasteiger partial charge in [0.25, 0.3) is 5.91 Å². The molecule has 2 aromatic rings. The maximum Gasteiger partial charge on any atom is 0.337 e. The Morgan fingerprint density at radius 1 is 1.26 bits per heavy atom. The van der Waals surface area contributed by atoms with E-state index in [4.69, 9.17) is 5.11 Å². The largest absolute Gasteiger partial charge is 0.478 e. The lowest BCUT2D eigenvalue weighted by atomic mass is 10.2. The lowest BCUT2D eigenvalue weighted by Gasteiger charge is -2.08.